The second kappa shape index (κ2) is 7.58. The van der Waals surface area contributed by atoms with Gasteiger partial charge in [-0.2, -0.15) is 0 Å². The first-order valence-corrected chi connectivity index (χ1v) is 6.43. The van der Waals surface area contributed by atoms with E-state index in [1.165, 1.54) is 0 Å². The van der Waals surface area contributed by atoms with Gasteiger partial charge in [-0.15, -0.1) is 0 Å². The second-order valence-electron chi connectivity index (χ2n) is 4.22. The van der Waals surface area contributed by atoms with E-state index in [0.29, 0.717) is 18.8 Å². The molecule has 0 bridgehead atoms. The summed E-state index contributed by atoms with van der Waals surface area (Å²) in [6, 6.07) is 7.21. The zero-order valence-corrected chi connectivity index (χ0v) is 11.1. The molecule has 0 aliphatic heterocycles. The number of amides is 1. The number of hydrogen-bond donors (Lipinski definition) is 2. The maximum Gasteiger partial charge on any atom is 0.223 e. The van der Waals surface area contributed by atoms with E-state index < -0.39 is 0 Å². The highest BCUT2D eigenvalue weighted by Crippen LogP contribution is 2.12. The third-order valence-electron chi connectivity index (χ3n) is 2.91. The molecule has 4 heteroatoms. The molecule has 0 radical (unpaired) electrons. The van der Waals surface area contributed by atoms with E-state index in [1.807, 2.05) is 26.0 Å². The monoisotopic (exact) mass is 250 g/mol. The van der Waals surface area contributed by atoms with Crippen molar-refractivity contribution in [1.82, 2.24) is 5.32 Å². The Morgan fingerprint density at radius 1 is 1.28 bits per heavy atom. The average Bonchev–Trinajstić information content (AvgIpc) is 2.38. The van der Waals surface area contributed by atoms with Crippen LogP contribution in [-0.2, 0) is 4.79 Å². The number of benzene rings is 1. The number of anilines is 1. The van der Waals surface area contributed by atoms with Crippen LogP contribution in [0.1, 0.15) is 26.7 Å². The molecular weight excluding hydrogens is 228 g/mol. The second-order valence-corrected chi connectivity index (χ2v) is 4.22. The van der Waals surface area contributed by atoms with Crippen LogP contribution in [0.25, 0.3) is 0 Å². The predicted octanol–water partition coefficient (Wildman–Crippen LogP) is 2.20. The van der Waals surface area contributed by atoms with Gasteiger partial charge in [-0.05, 0) is 37.1 Å². The molecule has 0 heterocycles. The number of carbonyl (C=O) groups is 1. The standard InChI is InChI=1S/C14H22N2O2/c1-3-11(4-2)14(17)16-9-10-18-13-7-5-12(15)6-8-13/h5-8,11H,3-4,9-10,15H2,1-2H3,(H,16,17). The third-order valence-corrected chi connectivity index (χ3v) is 2.91. The van der Waals surface area contributed by atoms with Gasteiger partial charge < -0.3 is 15.8 Å². The minimum absolute atomic E-state index is 0.112. The molecule has 0 atom stereocenters. The zero-order chi connectivity index (χ0) is 13.4. The maximum atomic E-state index is 11.7. The van der Waals surface area contributed by atoms with Crippen molar-refractivity contribution in [3.8, 4) is 5.75 Å². The molecule has 0 aliphatic carbocycles. The number of nitrogens with two attached hydrogens (primary N) is 1. The highest BCUT2D eigenvalue weighted by molar-refractivity contribution is 5.78. The van der Waals surface area contributed by atoms with E-state index in [9.17, 15) is 4.79 Å². The summed E-state index contributed by atoms with van der Waals surface area (Å²) in [5.41, 5.74) is 6.28. The summed E-state index contributed by atoms with van der Waals surface area (Å²) >= 11 is 0. The molecule has 0 unspecified atom stereocenters. The van der Waals surface area contributed by atoms with Crippen molar-refractivity contribution in [2.24, 2.45) is 5.92 Å². The molecule has 0 spiro atoms. The van der Waals surface area contributed by atoms with Crippen molar-refractivity contribution < 1.29 is 9.53 Å². The molecule has 3 N–H and O–H groups in total. The smallest absolute Gasteiger partial charge is 0.223 e. The first kappa shape index (κ1) is 14.4. The van der Waals surface area contributed by atoms with Gasteiger partial charge in [0.15, 0.2) is 0 Å². The molecular formula is C14H22N2O2. The Morgan fingerprint density at radius 2 is 1.89 bits per heavy atom. The lowest BCUT2D eigenvalue weighted by molar-refractivity contribution is -0.125. The highest BCUT2D eigenvalue weighted by Gasteiger charge is 2.12. The fourth-order valence-corrected chi connectivity index (χ4v) is 1.71. The van der Waals surface area contributed by atoms with Crippen LogP contribution in [0.3, 0.4) is 0 Å². The normalized spacial score (nSPS) is 10.4. The van der Waals surface area contributed by atoms with Gasteiger partial charge in [0.2, 0.25) is 5.91 Å². The van der Waals surface area contributed by atoms with Crippen molar-refractivity contribution >= 4 is 11.6 Å². The minimum Gasteiger partial charge on any atom is -0.492 e. The Labute approximate surface area is 109 Å². The minimum atomic E-state index is 0.112. The SMILES string of the molecule is CCC(CC)C(=O)NCCOc1ccc(N)cc1. The van der Waals surface area contributed by atoms with E-state index in [0.717, 1.165) is 18.6 Å². The van der Waals surface area contributed by atoms with Crippen LogP contribution < -0.4 is 15.8 Å². The van der Waals surface area contributed by atoms with Crippen molar-refractivity contribution in [2.45, 2.75) is 26.7 Å². The Hall–Kier alpha value is -1.71. The molecule has 1 aromatic rings. The third kappa shape index (κ3) is 4.65. The van der Waals surface area contributed by atoms with E-state index in [1.54, 1.807) is 12.1 Å². The van der Waals surface area contributed by atoms with Crippen molar-refractivity contribution in [2.75, 3.05) is 18.9 Å². The number of hydrogen-bond acceptors (Lipinski definition) is 3. The summed E-state index contributed by atoms with van der Waals surface area (Å²) in [4.78, 5) is 11.7. The molecule has 0 saturated carbocycles. The van der Waals surface area contributed by atoms with E-state index >= 15 is 0 Å². The first-order valence-electron chi connectivity index (χ1n) is 6.43. The van der Waals surface area contributed by atoms with Crippen molar-refractivity contribution in [3.05, 3.63) is 24.3 Å². The topological polar surface area (TPSA) is 64.3 Å². The summed E-state index contributed by atoms with van der Waals surface area (Å²) in [6.45, 7) is 5.05. The van der Waals surface area contributed by atoms with Gasteiger partial charge in [-0.25, -0.2) is 0 Å². The van der Waals surface area contributed by atoms with E-state index in [4.69, 9.17) is 10.5 Å². The first-order chi connectivity index (χ1) is 8.67. The Kier molecular flexibility index (Phi) is 6.05. The van der Waals surface area contributed by atoms with Crippen LogP contribution in [0.5, 0.6) is 5.75 Å². The lowest BCUT2D eigenvalue weighted by Gasteiger charge is -2.13. The van der Waals surface area contributed by atoms with Gasteiger partial charge in [0.25, 0.3) is 0 Å². The van der Waals surface area contributed by atoms with Crippen LogP contribution in [-0.4, -0.2) is 19.1 Å². The van der Waals surface area contributed by atoms with Gasteiger partial charge in [0.05, 0.1) is 6.54 Å². The molecule has 100 valence electrons. The van der Waals surface area contributed by atoms with Crippen molar-refractivity contribution in [1.29, 1.82) is 0 Å². The molecule has 1 rings (SSSR count). The molecule has 1 aromatic carbocycles. The number of nitrogen functional groups attached to an aromatic ring is 1. The average molecular weight is 250 g/mol. The molecule has 0 fully saturated rings. The molecule has 0 saturated heterocycles. The lowest BCUT2D eigenvalue weighted by atomic mass is 10.0. The van der Waals surface area contributed by atoms with E-state index in [2.05, 4.69) is 5.32 Å². The fraction of sp³-hybridized carbons (Fsp3) is 0.500. The van der Waals surface area contributed by atoms with Gasteiger partial charge in [0.1, 0.15) is 12.4 Å². The van der Waals surface area contributed by atoms with Gasteiger partial charge in [-0.3, -0.25) is 4.79 Å². The fourth-order valence-electron chi connectivity index (χ4n) is 1.71. The predicted molar refractivity (Wildman–Crippen MR) is 73.4 cm³/mol. The van der Waals surface area contributed by atoms with Gasteiger partial charge in [0, 0.05) is 11.6 Å². The van der Waals surface area contributed by atoms with E-state index in [-0.39, 0.29) is 11.8 Å². The van der Waals surface area contributed by atoms with Crippen molar-refractivity contribution in [3.63, 3.8) is 0 Å². The summed E-state index contributed by atoms with van der Waals surface area (Å²) in [7, 11) is 0. The number of rotatable bonds is 7. The Morgan fingerprint density at radius 3 is 2.44 bits per heavy atom. The number of carbonyl (C=O) groups excluding carboxylic acids is 1. The van der Waals surface area contributed by atoms with Crippen LogP contribution in [0.4, 0.5) is 5.69 Å². The molecule has 0 aliphatic rings. The zero-order valence-electron chi connectivity index (χ0n) is 11.1. The van der Waals surface area contributed by atoms with Gasteiger partial charge in [-0.1, -0.05) is 13.8 Å². The highest BCUT2D eigenvalue weighted by atomic mass is 16.5. The molecule has 0 aromatic heterocycles. The summed E-state index contributed by atoms with van der Waals surface area (Å²) in [6.07, 6.45) is 1.75. The molecule has 4 nitrogen and oxygen atoms in total. The van der Waals surface area contributed by atoms with Crippen LogP contribution in [0.2, 0.25) is 0 Å². The Balaban J connectivity index is 2.22. The summed E-state index contributed by atoms with van der Waals surface area (Å²) in [5.74, 6) is 0.989. The maximum absolute atomic E-state index is 11.7. The quantitative estimate of drug-likeness (QED) is 0.576. The largest absolute Gasteiger partial charge is 0.492 e. The van der Waals surface area contributed by atoms with Gasteiger partial charge >= 0.3 is 0 Å². The summed E-state index contributed by atoms with van der Waals surface area (Å²) < 4.78 is 5.49. The number of ether oxygens (including phenoxy) is 1. The lowest BCUT2D eigenvalue weighted by Crippen LogP contribution is -2.33. The number of nitrogens with one attached hydrogen (secondary N) is 1. The molecule has 18 heavy (non-hydrogen) atoms. The summed E-state index contributed by atoms with van der Waals surface area (Å²) in [5, 5.41) is 2.88. The van der Waals surface area contributed by atoms with Crippen LogP contribution in [0.15, 0.2) is 24.3 Å². The van der Waals surface area contributed by atoms with Crippen LogP contribution >= 0.6 is 0 Å². The Bertz CT molecular complexity index is 359. The van der Waals surface area contributed by atoms with Crippen LogP contribution in [0, 0.1) is 5.92 Å². The molecule has 1 amide bonds.